The van der Waals surface area contributed by atoms with E-state index >= 15 is 0 Å². The number of rotatable bonds is 38. The Bertz CT molecular complexity index is 933. The van der Waals surface area contributed by atoms with Crippen LogP contribution in [0.15, 0.2) is 48.6 Å². The van der Waals surface area contributed by atoms with Crippen molar-refractivity contribution in [2.45, 2.75) is 213 Å². The zero-order valence-corrected chi connectivity index (χ0v) is 34.1. The third-order valence-corrected chi connectivity index (χ3v) is 9.11. The normalized spacial score (nSPS) is 12.4. The van der Waals surface area contributed by atoms with Gasteiger partial charge >= 0.3 is 17.9 Å². The van der Waals surface area contributed by atoms with Crippen LogP contribution in [0.3, 0.4) is 0 Å². The fraction of sp³-hybridized carbons (Fsp3) is 0.761. The standard InChI is InChI=1S/C46H80O6/c1-4-7-10-13-16-19-22-25-27-30-33-36-39-45(48)51-42-43(52-46(49)40-37-34-31-28-24-21-18-15-12-9-6-3)41-50-44(47)38-35-32-29-26-23-20-17-14-11-8-5-2/h14-15,17-18,20-21,23-24,43H,4-13,16,19,22,25-42H2,1-3H3/b17-14-,18-15-,23-20-,24-21-. The molecule has 0 rings (SSSR count). The lowest BCUT2D eigenvalue weighted by atomic mass is 10.0. The van der Waals surface area contributed by atoms with Gasteiger partial charge in [-0.15, -0.1) is 0 Å². The monoisotopic (exact) mass is 729 g/mol. The minimum Gasteiger partial charge on any atom is -0.462 e. The summed E-state index contributed by atoms with van der Waals surface area (Å²) in [5.74, 6) is -0.953. The van der Waals surface area contributed by atoms with Crippen LogP contribution in [-0.4, -0.2) is 37.2 Å². The Balaban J connectivity index is 4.45. The maximum absolute atomic E-state index is 12.6. The maximum atomic E-state index is 12.6. The van der Waals surface area contributed by atoms with Crippen LogP contribution in [0.25, 0.3) is 0 Å². The first-order valence-corrected chi connectivity index (χ1v) is 21.7. The van der Waals surface area contributed by atoms with Crippen molar-refractivity contribution in [1.82, 2.24) is 0 Å². The molecule has 0 N–H and O–H groups in total. The molecule has 0 fully saturated rings. The highest BCUT2D eigenvalue weighted by molar-refractivity contribution is 5.71. The minimum atomic E-state index is -0.791. The Morgan fingerprint density at radius 3 is 1.08 bits per heavy atom. The van der Waals surface area contributed by atoms with Gasteiger partial charge in [0.2, 0.25) is 0 Å². The summed E-state index contributed by atoms with van der Waals surface area (Å²) in [6.07, 6.45) is 46.6. The Morgan fingerprint density at radius 2 is 0.692 bits per heavy atom. The second kappa shape index (κ2) is 41.1. The van der Waals surface area contributed by atoms with Crippen LogP contribution in [0.2, 0.25) is 0 Å². The Kier molecular flexibility index (Phi) is 39.1. The third kappa shape index (κ3) is 38.6. The smallest absolute Gasteiger partial charge is 0.306 e. The molecule has 300 valence electrons. The highest BCUT2D eigenvalue weighted by atomic mass is 16.6. The number of hydrogen-bond donors (Lipinski definition) is 0. The van der Waals surface area contributed by atoms with Crippen molar-refractivity contribution in [3.05, 3.63) is 48.6 Å². The van der Waals surface area contributed by atoms with Gasteiger partial charge in [0.15, 0.2) is 6.10 Å². The Hall–Kier alpha value is -2.63. The van der Waals surface area contributed by atoms with E-state index in [9.17, 15) is 14.4 Å². The van der Waals surface area contributed by atoms with E-state index in [0.717, 1.165) is 83.5 Å². The molecule has 0 radical (unpaired) electrons. The quantitative estimate of drug-likeness (QED) is 0.0272. The molecule has 0 aliphatic rings. The molecule has 0 spiro atoms. The van der Waals surface area contributed by atoms with Gasteiger partial charge in [-0.2, -0.15) is 0 Å². The van der Waals surface area contributed by atoms with Gasteiger partial charge in [0.25, 0.3) is 0 Å². The molecule has 52 heavy (non-hydrogen) atoms. The fourth-order valence-corrected chi connectivity index (χ4v) is 5.75. The van der Waals surface area contributed by atoms with E-state index in [1.54, 1.807) is 0 Å². The van der Waals surface area contributed by atoms with Crippen molar-refractivity contribution in [3.8, 4) is 0 Å². The lowest BCUT2D eigenvalue weighted by molar-refractivity contribution is -0.167. The second-order valence-corrected chi connectivity index (χ2v) is 14.3. The van der Waals surface area contributed by atoms with Crippen LogP contribution in [0, 0.1) is 0 Å². The van der Waals surface area contributed by atoms with Gasteiger partial charge in [0.1, 0.15) is 13.2 Å². The number of esters is 3. The average molecular weight is 729 g/mol. The molecular formula is C46H80O6. The lowest BCUT2D eigenvalue weighted by Gasteiger charge is -2.18. The van der Waals surface area contributed by atoms with Crippen LogP contribution < -0.4 is 0 Å². The van der Waals surface area contributed by atoms with Crippen molar-refractivity contribution in [2.75, 3.05) is 13.2 Å². The average Bonchev–Trinajstić information content (AvgIpc) is 3.14. The lowest BCUT2D eigenvalue weighted by Crippen LogP contribution is -2.30. The Labute approximate surface area is 320 Å². The molecule has 1 atom stereocenters. The largest absolute Gasteiger partial charge is 0.462 e. The van der Waals surface area contributed by atoms with Gasteiger partial charge < -0.3 is 14.2 Å². The van der Waals surface area contributed by atoms with Crippen molar-refractivity contribution >= 4 is 17.9 Å². The molecule has 0 bridgehead atoms. The number of carbonyl (C=O) groups is 3. The summed E-state index contributed by atoms with van der Waals surface area (Å²) in [5.41, 5.74) is 0. The van der Waals surface area contributed by atoms with Gasteiger partial charge in [0.05, 0.1) is 0 Å². The highest BCUT2D eigenvalue weighted by Crippen LogP contribution is 2.14. The molecule has 0 amide bonds. The zero-order chi connectivity index (χ0) is 38.0. The fourth-order valence-electron chi connectivity index (χ4n) is 5.75. The van der Waals surface area contributed by atoms with Crippen molar-refractivity contribution < 1.29 is 28.6 Å². The molecule has 6 heteroatoms. The van der Waals surface area contributed by atoms with Crippen LogP contribution >= 0.6 is 0 Å². The molecule has 0 aromatic heterocycles. The molecule has 0 aromatic rings. The zero-order valence-electron chi connectivity index (χ0n) is 34.1. The molecule has 6 nitrogen and oxygen atoms in total. The first-order valence-electron chi connectivity index (χ1n) is 21.7. The minimum absolute atomic E-state index is 0.0914. The first-order chi connectivity index (χ1) is 25.5. The van der Waals surface area contributed by atoms with Gasteiger partial charge in [-0.1, -0.05) is 179 Å². The molecule has 1 unspecified atom stereocenters. The molecule has 0 aliphatic heterocycles. The Morgan fingerprint density at radius 1 is 0.385 bits per heavy atom. The second-order valence-electron chi connectivity index (χ2n) is 14.3. The third-order valence-electron chi connectivity index (χ3n) is 9.11. The van der Waals surface area contributed by atoms with E-state index in [1.807, 2.05) is 0 Å². The number of unbranched alkanes of at least 4 members (excludes halogenated alkanes) is 21. The summed E-state index contributed by atoms with van der Waals surface area (Å²) in [5, 5.41) is 0. The number of carbonyl (C=O) groups excluding carboxylic acids is 3. The predicted octanol–water partition coefficient (Wildman–Crippen LogP) is 13.6. The van der Waals surface area contributed by atoms with Crippen molar-refractivity contribution in [2.24, 2.45) is 0 Å². The molecule has 0 aliphatic carbocycles. The highest BCUT2D eigenvalue weighted by Gasteiger charge is 2.19. The van der Waals surface area contributed by atoms with Crippen LogP contribution in [0.4, 0.5) is 0 Å². The molecule has 0 heterocycles. The van der Waals surface area contributed by atoms with Crippen LogP contribution in [-0.2, 0) is 28.6 Å². The van der Waals surface area contributed by atoms with Crippen LogP contribution in [0.1, 0.15) is 207 Å². The number of allylic oxidation sites excluding steroid dienone is 8. The molecule has 0 saturated heterocycles. The maximum Gasteiger partial charge on any atom is 0.306 e. The van der Waals surface area contributed by atoms with E-state index in [4.69, 9.17) is 14.2 Å². The van der Waals surface area contributed by atoms with Crippen molar-refractivity contribution in [3.63, 3.8) is 0 Å². The topological polar surface area (TPSA) is 78.9 Å². The van der Waals surface area contributed by atoms with E-state index in [-0.39, 0.29) is 31.1 Å². The molecule has 0 aromatic carbocycles. The van der Waals surface area contributed by atoms with E-state index in [1.165, 1.54) is 83.5 Å². The summed E-state index contributed by atoms with van der Waals surface area (Å²) < 4.78 is 16.6. The summed E-state index contributed by atoms with van der Waals surface area (Å²) >= 11 is 0. The van der Waals surface area contributed by atoms with Gasteiger partial charge in [0, 0.05) is 19.3 Å². The van der Waals surface area contributed by atoms with E-state index in [2.05, 4.69) is 69.4 Å². The summed E-state index contributed by atoms with van der Waals surface area (Å²) in [7, 11) is 0. The SMILES string of the molecule is CCCC/C=C\C=C/CCCCCC(=O)OCC(COC(=O)CCCCCCCCCCCCCC)OC(=O)CCCCC/C=C\C=C/CCCC. The van der Waals surface area contributed by atoms with E-state index in [0.29, 0.717) is 19.3 Å². The van der Waals surface area contributed by atoms with E-state index < -0.39 is 6.10 Å². The van der Waals surface area contributed by atoms with Gasteiger partial charge in [-0.3, -0.25) is 14.4 Å². The van der Waals surface area contributed by atoms with Crippen molar-refractivity contribution in [1.29, 1.82) is 0 Å². The van der Waals surface area contributed by atoms with Crippen LogP contribution in [0.5, 0.6) is 0 Å². The molecular weight excluding hydrogens is 648 g/mol. The van der Waals surface area contributed by atoms with Gasteiger partial charge in [-0.25, -0.2) is 0 Å². The molecule has 0 saturated carbocycles. The summed E-state index contributed by atoms with van der Waals surface area (Å²) in [6.45, 7) is 6.46. The summed E-state index contributed by atoms with van der Waals surface area (Å²) in [6, 6.07) is 0. The number of ether oxygens (including phenoxy) is 3. The first kappa shape index (κ1) is 49.4. The van der Waals surface area contributed by atoms with Gasteiger partial charge in [-0.05, 0) is 57.8 Å². The summed E-state index contributed by atoms with van der Waals surface area (Å²) in [4.78, 5) is 37.6. The number of hydrogen-bond acceptors (Lipinski definition) is 6. The predicted molar refractivity (Wildman–Crippen MR) is 219 cm³/mol.